The van der Waals surface area contributed by atoms with Crippen LogP contribution in [0, 0.1) is 0 Å². The number of nitrogens with one attached hydrogen (secondary N) is 2. The molecular weight excluding hydrogens is 374 g/mol. The third-order valence-electron chi connectivity index (χ3n) is 4.11. The Balaban J connectivity index is 1.96. The average Bonchev–Trinajstić information content (AvgIpc) is 2.63. The number of hydrogen-bond acceptors (Lipinski definition) is 4. The van der Waals surface area contributed by atoms with Gasteiger partial charge < -0.3 is 19.9 Å². The molecule has 1 aliphatic rings. The molecule has 6 nitrogen and oxygen atoms in total. The molecular formula is C17H18BrN3O3. The minimum Gasteiger partial charge on any atom is -0.496 e. The Kier molecular flexibility index (Phi) is 5.01. The monoisotopic (exact) mass is 391 g/mol. The van der Waals surface area contributed by atoms with Crippen LogP contribution in [-0.4, -0.2) is 42.5 Å². The fraction of sp³-hybridized carbons (Fsp3) is 0.294. The first-order chi connectivity index (χ1) is 11.6. The summed E-state index contributed by atoms with van der Waals surface area (Å²) in [5.74, 6) is 0.635. The highest BCUT2D eigenvalue weighted by molar-refractivity contribution is 9.10. The van der Waals surface area contributed by atoms with Crippen LogP contribution in [0.15, 0.2) is 45.8 Å². The summed E-state index contributed by atoms with van der Waals surface area (Å²) in [6.07, 6.45) is 1.46. The van der Waals surface area contributed by atoms with Crippen LogP contribution in [0.2, 0.25) is 0 Å². The molecule has 1 aromatic carbocycles. The van der Waals surface area contributed by atoms with E-state index >= 15 is 0 Å². The number of pyridine rings is 1. The first-order valence-electron chi connectivity index (χ1n) is 7.64. The molecule has 0 saturated carbocycles. The molecule has 0 aliphatic carbocycles. The number of benzene rings is 1. The summed E-state index contributed by atoms with van der Waals surface area (Å²) in [7, 11) is 1.63. The van der Waals surface area contributed by atoms with Gasteiger partial charge in [-0.3, -0.25) is 9.59 Å². The van der Waals surface area contributed by atoms with Crippen LogP contribution in [-0.2, 0) is 0 Å². The summed E-state index contributed by atoms with van der Waals surface area (Å²) in [5.41, 5.74) is 1.15. The molecule has 2 aromatic rings. The topological polar surface area (TPSA) is 74.4 Å². The predicted molar refractivity (Wildman–Crippen MR) is 94.4 cm³/mol. The van der Waals surface area contributed by atoms with Gasteiger partial charge in [-0.25, -0.2) is 0 Å². The van der Waals surface area contributed by atoms with Gasteiger partial charge in [0.15, 0.2) is 0 Å². The van der Waals surface area contributed by atoms with Crippen molar-refractivity contribution in [1.29, 1.82) is 0 Å². The fourth-order valence-electron chi connectivity index (χ4n) is 2.91. The Hall–Kier alpha value is -2.12. The number of ether oxygens (including phenoxy) is 1. The van der Waals surface area contributed by atoms with E-state index in [0.29, 0.717) is 23.1 Å². The van der Waals surface area contributed by atoms with Crippen molar-refractivity contribution in [2.45, 2.75) is 6.04 Å². The van der Waals surface area contributed by atoms with E-state index < -0.39 is 0 Å². The number of aromatic nitrogens is 1. The van der Waals surface area contributed by atoms with Gasteiger partial charge in [0.05, 0.1) is 23.2 Å². The maximum Gasteiger partial charge on any atom is 0.262 e. The molecule has 24 heavy (non-hydrogen) atoms. The number of rotatable bonds is 3. The Morgan fingerprint density at radius 2 is 2.17 bits per heavy atom. The predicted octanol–water partition coefficient (Wildman–Crippen LogP) is 1.93. The standard InChI is InChI=1S/C17H18BrN3O3/c1-24-15-5-3-2-4-12(15)14-10-19-6-7-21(14)17(23)11-8-13(18)16(22)20-9-11/h2-5,8-9,14,19H,6-7,10H2,1H3,(H,20,22). The molecule has 2 heterocycles. The van der Waals surface area contributed by atoms with E-state index in [-0.39, 0.29) is 17.5 Å². The summed E-state index contributed by atoms with van der Waals surface area (Å²) in [6, 6.07) is 9.13. The molecule has 0 bridgehead atoms. The maximum atomic E-state index is 13.0. The van der Waals surface area contributed by atoms with Gasteiger partial charge >= 0.3 is 0 Å². The number of para-hydroxylation sites is 1. The lowest BCUT2D eigenvalue weighted by Gasteiger charge is -2.37. The number of piperazine rings is 1. The number of aromatic amines is 1. The summed E-state index contributed by atoms with van der Waals surface area (Å²) in [5, 5.41) is 3.32. The number of halogens is 1. The number of amides is 1. The molecule has 0 radical (unpaired) electrons. The highest BCUT2D eigenvalue weighted by Crippen LogP contribution is 2.31. The van der Waals surface area contributed by atoms with Crippen molar-refractivity contribution in [1.82, 2.24) is 15.2 Å². The molecule has 1 atom stereocenters. The van der Waals surface area contributed by atoms with E-state index in [0.717, 1.165) is 17.9 Å². The minimum atomic E-state index is -0.256. The number of methoxy groups -OCH3 is 1. The zero-order valence-corrected chi connectivity index (χ0v) is 14.8. The highest BCUT2D eigenvalue weighted by Gasteiger charge is 2.30. The van der Waals surface area contributed by atoms with Crippen LogP contribution in [0.1, 0.15) is 22.0 Å². The Morgan fingerprint density at radius 3 is 2.92 bits per heavy atom. The Bertz CT molecular complexity index is 806. The SMILES string of the molecule is COc1ccccc1C1CNCCN1C(=O)c1c[nH]c(=O)c(Br)c1. The third-order valence-corrected chi connectivity index (χ3v) is 4.70. The van der Waals surface area contributed by atoms with E-state index in [1.54, 1.807) is 13.2 Å². The Morgan fingerprint density at radius 1 is 1.38 bits per heavy atom. The van der Waals surface area contributed by atoms with Crippen LogP contribution in [0.5, 0.6) is 5.75 Å². The second kappa shape index (κ2) is 7.19. The van der Waals surface area contributed by atoms with Gasteiger partial charge in [0, 0.05) is 31.4 Å². The van der Waals surface area contributed by atoms with Crippen molar-refractivity contribution in [2.24, 2.45) is 0 Å². The number of hydrogen-bond donors (Lipinski definition) is 2. The van der Waals surface area contributed by atoms with Crippen molar-refractivity contribution >= 4 is 21.8 Å². The van der Waals surface area contributed by atoms with Crippen LogP contribution in [0.25, 0.3) is 0 Å². The largest absolute Gasteiger partial charge is 0.496 e. The number of nitrogens with zero attached hydrogens (tertiary/aromatic N) is 1. The molecule has 1 aromatic heterocycles. The number of carbonyl (C=O) groups excluding carboxylic acids is 1. The minimum absolute atomic E-state index is 0.121. The lowest BCUT2D eigenvalue weighted by molar-refractivity contribution is 0.0631. The van der Waals surface area contributed by atoms with Gasteiger partial charge in [-0.1, -0.05) is 18.2 Å². The molecule has 2 N–H and O–H groups in total. The summed E-state index contributed by atoms with van der Waals surface area (Å²) in [6.45, 7) is 1.96. The van der Waals surface area contributed by atoms with Crippen molar-refractivity contribution in [3.05, 3.63) is 62.5 Å². The van der Waals surface area contributed by atoms with Crippen LogP contribution >= 0.6 is 15.9 Å². The second-order valence-corrected chi connectivity index (χ2v) is 6.38. The molecule has 1 saturated heterocycles. The lowest BCUT2D eigenvalue weighted by Crippen LogP contribution is -2.48. The van der Waals surface area contributed by atoms with Gasteiger partial charge in [-0.2, -0.15) is 0 Å². The van der Waals surface area contributed by atoms with Gasteiger partial charge in [-0.15, -0.1) is 0 Å². The van der Waals surface area contributed by atoms with E-state index in [1.807, 2.05) is 29.2 Å². The molecule has 7 heteroatoms. The molecule has 1 fully saturated rings. The number of H-pyrrole nitrogens is 1. The van der Waals surface area contributed by atoms with Crippen molar-refractivity contribution in [2.75, 3.05) is 26.7 Å². The Labute approximate surface area is 148 Å². The summed E-state index contributed by atoms with van der Waals surface area (Å²) in [4.78, 5) is 28.8. The van der Waals surface area contributed by atoms with Crippen LogP contribution in [0.3, 0.4) is 0 Å². The normalized spacial score (nSPS) is 17.6. The van der Waals surface area contributed by atoms with Gasteiger partial charge in [0.2, 0.25) is 0 Å². The summed E-state index contributed by atoms with van der Waals surface area (Å²) >= 11 is 3.17. The van der Waals surface area contributed by atoms with Crippen molar-refractivity contribution < 1.29 is 9.53 Å². The molecule has 126 valence electrons. The second-order valence-electron chi connectivity index (χ2n) is 5.53. The smallest absolute Gasteiger partial charge is 0.262 e. The zero-order valence-electron chi connectivity index (χ0n) is 13.2. The molecule has 1 aliphatic heterocycles. The lowest BCUT2D eigenvalue weighted by atomic mass is 10.0. The van der Waals surface area contributed by atoms with Crippen LogP contribution < -0.4 is 15.6 Å². The van der Waals surface area contributed by atoms with E-state index in [1.165, 1.54) is 6.20 Å². The zero-order chi connectivity index (χ0) is 17.1. The molecule has 3 rings (SSSR count). The molecule has 0 spiro atoms. The fourth-order valence-corrected chi connectivity index (χ4v) is 3.27. The maximum absolute atomic E-state index is 13.0. The third kappa shape index (κ3) is 3.22. The van der Waals surface area contributed by atoms with Gasteiger partial charge in [-0.05, 0) is 28.1 Å². The van der Waals surface area contributed by atoms with Crippen molar-refractivity contribution in [3.63, 3.8) is 0 Å². The van der Waals surface area contributed by atoms with Crippen LogP contribution in [0.4, 0.5) is 0 Å². The van der Waals surface area contributed by atoms with Crippen molar-refractivity contribution in [3.8, 4) is 5.75 Å². The van der Waals surface area contributed by atoms with Gasteiger partial charge in [0.1, 0.15) is 5.75 Å². The quantitative estimate of drug-likeness (QED) is 0.838. The van der Waals surface area contributed by atoms with Gasteiger partial charge in [0.25, 0.3) is 11.5 Å². The van der Waals surface area contributed by atoms with E-state index in [4.69, 9.17) is 4.74 Å². The number of carbonyl (C=O) groups is 1. The van der Waals surface area contributed by atoms with E-state index in [9.17, 15) is 9.59 Å². The first kappa shape index (κ1) is 16.7. The highest BCUT2D eigenvalue weighted by atomic mass is 79.9. The molecule has 1 unspecified atom stereocenters. The van der Waals surface area contributed by atoms with E-state index in [2.05, 4.69) is 26.2 Å². The summed E-state index contributed by atoms with van der Waals surface area (Å²) < 4.78 is 5.79. The molecule has 1 amide bonds. The average molecular weight is 392 g/mol. The first-order valence-corrected chi connectivity index (χ1v) is 8.44.